The Bertz CT molecular complexity index is 365. The highest BCUT2D eigenvalue weighted by molar-refractivity contribution is 5.42. The first-order valence-corrected chi connectivity index (χ1v) is 5.28. The molecule has 0 aliphatic rings. The molecular formula is C12H17N3O. The minimum atomic E-state index is 0.0443. The van der Waals surface area contributed by atoms with Gasteiger partial charge in [0.1, 0.15) is 11.8 Å². The molecule has 4 heteroatoms. The number of anilines is 1. The van der Waals surface area contributed by atoms with Crippen molar-refractivity contribution in [3.8, 4) is 6.07 Å². The van der Waals surface area contributed by atoms with Gasteiger partial charge in [-0.3, -0.25) is 0 Å². The maximum Gasteiger partial charge on any atom is 0.140 e. The summed E-state index contributed by atoms with van der Waals surface area (Å²) >= 11 is 0. The molecule has 0 spiro atoms. The van der Waals surface area contributed by atoms with Crippen LogP contribution in [0.4, 0.5) is 5.69 Å². The number of nitrogens with zero attached hydrogens (tertiary/aromatic N) is 2. The predicted octanol–water partition coefficient (Wildman–Crippen LogP) is 1.77. The van der Waals surface area contributed by atoms with Crippen LogP contribution in [0.2, 0.25) is 0 Å². The minimum absolute atomic E-state index is 0.0443. The lowest BCUT2D eigenvalue weighted by Crippen LogP contribution is -2.24. The number of nitrogens with one attached hydrogen (secondary N) is 1. The van der Waals surface area contributed by atoms with E-state index in [1.165, 1.54) is 0 Å². The summed E-state index contributed by atoms with van der Waals surface area (Å²) in [7, 11) is 0. The monoisotopic (exact) mass is 219 g/mol. The Hall–Kier alpha value is -1.60. The normalized spacial score (nSPS) is 10.9. The van der Waals surface area contributed by atoms with E-state index >= 15 is 0 Å². The molecule has 1 rings (SSSR count). The van der Waals surface area contributed by atoms with Crippen LogP contribution in [0.15, 0.2) is 18.3 Å². The van der Waals surface area contributed by atoms with E-state index in [-0.39, 0.29) is 12.0 Å². The Morgan fingerprint density at radius 3 is 2.75 bits per heavy atom. The van der Waals surface area contributed by atoms with Gasteiger partial charge in [-0.2, -0.15) is 5.26 Å². The summed E-state index contributed by atoms with van der Waals surface area (Å²) in [5.41, 5.74) is 1.35. The zero-order valence-electron chi connectivity index (χ0n) is 9.70. The molecule has 1 heterocycles. The van der Waals surface area contributed by atoms with E-state index in [1.807, 2.05) is 12.1 Å². The zero-order valence-corrected chi connectivity index (χ0v) is 9.70. The van der Waals surface area contributed by atoms with Crippen LogP contribution in [0.3, 0.4) is 0 Å². The summed E-state index contributed by atoms with van der Waals surface area (Å²) < 4.78 is 0. The molecule has 0 radical (unpaired) electrons. The molecule has 1 aromatic rings. The molecule has 0 unspecified atom stereocenters. The van der Waals surface area contributed by atoms with E-state index in [2.05, 4.69) is 24.1 Å². The third-order valence-electron chi connectivity index (χ3n) is 2.44. The summed E-state index contributed by atoms with van der Waals surface area (Å²) in [6, 6.07) is 5.49. The highest BCUT2D eigenvalue weighted by atomic mass is 16.3. The number of aromatic nitrogens is 1. The molecule has 0 saturated carbocycles. The Morgan fingerprint density at radius 1 is 1.50 bits per heavy atom. The van der Waals surface area contributed by atoms with Gasteiger partial charge in [0.15, 0.2) is 0 Å². The van der Waals surface area contributed by atoms with Gasteiger partial charge in [0.25, 0.3) is 0 Å². The number of hydrogen-bond acceptors (Lipinski definition) is 4. The number of pyridine rings is 1. The van der Waals surface area contributed by atoms with Crippen LogP contribution < -0.4 is 5.32 Å². The zero-order chi connectivity index (χ0) is 12.0. The minimum Gasteiger partial charge on any atom is -0.396 e. The van der Waals surface area contributed by atoms with E-state index in [9.17, 15) is 0 Å². The lowest BCUT2D eigenvalue weighted by molar-refractivity contribution is 0.220. The molecule has 1 aromatic heterocycles. The average molecular weight is 219 g/mol. The second kappa shape index (κ2) is 5.47. The third kappa shape index (κ3) is 3.87. The van der Waals surface area contributed by atoms with Crippen molar-refractivity contribution >= 4 is 5.69 Å². The first-order chi connectivity index (χ1) is 7.57. The Labute approximate surface area is 95.9 Å². The molecule has 4 nitrogen and oxygen atoms in total. The summed E-state index contributed by atoms with van der Waals surface area (Å²) in [4.78, 5) is 3.97. The molecule has 16 heavy (non-hydrogen) atoms. The second-order valence-corrected chi connectivity index (χ2v) is 4.54. The Morgan fingerprint density at radius 2 is 2.25 bits per heavy atom. The smallest absolute Gasteiger partial charge is 0.140 e. The SMILES string of the molecule is CC(C)(CCO)CNc1ccc(C#N)nc1. The Balaban J connectivity index is 2.52. The van der Waals surface area contributed by atoms with Crippen molar-refractivity contribution in [2.45, 2.75) is 20.3 Å². The third-order valence-corrected chi connectivity index (χ3v) is 2.44. The maximum absolute atomic E-state index is 8.89. The molecule has 0 saturated heterocycles. The van der Waals surface area contributed by atoms with Gasteiger partial charge in [0.05, 0.1) is 11.9 Å². The molecule has 0 aromatic carbocycles. The van der Waals surface area contributed by atoms with Gasteiger partial charge in [-0.25, -0.2) is 4.98 Å². The van der Waals surface area contributed by atoms with Crippen LogP contribution >= 0.6 is 0 Å². The van der Waals surface area contributed by atoms with Crippen LogP contribution in [0.5, 0.6) is 0 Å². The number of aliphatic hydroxyl groups excluding tert-OH is 1. The van der Waals surface area contributed by atoms with Crippen molar-refractivity contribution in [3.63, 3.8) is 0 Å². The highest BCUT2D eigenvalue weighted by Gasteiger charge is 2.16. The quantitative estimate of drug-likeness (QED) is 0.792. The van der Waals surface area contributed by atoms with Crippen molar-refractivity contribution < 1.29 is 5.11 Å². The first-order valence-electron chi connectivity index (χ1n) is 5.28. The lowest BCUT2D eigenvalue weighted by Gasteiger charge is -2.24. The van der Waals surface area contributed by atoms with Crippen molar-refractivity contribution in [2.75, 3.05) is 18.5 Å². The van der Waals surface area contributed by atoms with Crippen LogP contribution in [-0.2, 0) is 0 Å². The van der Waals surface area contributed by atoms with Crippen LogP contribution in [0.1, 0.15) is 26.0 Å². The largest absolute Gasteiger partial charge is 0.396 e. The maximum atomic E-state index is 8.89. The highest BCUT2D eigenvalue weighted by Crippen LogP contribution is 2.20. The summed E-state index contributed by atoms with van der Waals surface area (Å²) in [5, 5.41) is 20.7. The van der Waals surface area contributed by atoms with Crippen LogP contribution in [0, 0.1) is 16.7 Å². The molecule has 0 bridgehead atoms. The lowest BCUT2D eigenvalue weighted by atomic mass is 9.90. The van der Waals surface area contributed by atoms with Crippen LogP contribution in [-0.4, -0.2) is 23.2 Å². The molecule has 0 amide bonds. The molecule has 0 aliphatic heterocycles. The van der Waals surface area contributed by atoms with Crippen molar-refractivity contribution in [1.29, 1.82) is 5.26 Å². The second-order valence-electron chi connectivity index (χ2n) is 4.54. The van der Waals surface area contributed by atoms with E-state index in [0.717, 1.165) is 18.7 Å². The average Bonchev–Trinajstić information content (AvgIpc) is 2.27. The number of hydrogen-bond donors (Lipinski definition) is 2. The fraction of sp³-hybridized carbons (Fsp3) is 0.500. The topological polar surface area (TPSA) is 68.9 Å². The van der Waals surface area contributed by atoms with Gasteiger partial charge in [-0.15, -0.1) is 0 Å². The van der Waals surface area contributed by atoms with Crippen molar-refractivity contribution in [2.24, 2.45) is 5.41 Å². The summed E-state index contributed by atoms with van der Waals surface area (Å²) in [6.07, 6.45) is 2.40. The van der Waals surface area contributed by atoms with E-state index in [1.54, 1.807) is 12.3 Å². The first kappa shape index (κ1) is 12.5. The fourth-order valence-corrected chi connectivity index (χ4v) is 1.30. The number of nitriles is 1. The molecule has 2 N–H and O–H groups in total. The number of rotatable bonds is 5. The van der Waals surface area contributed by atoms with E-state index < -0.39 is 0 Å². The van der Waals surface area contributed by atoms with Crippen LogP contribution in [0.25, 0.3) is 0 Å². The molecular weight excluding hydrogens is 202 g/mol. The predicted molar refractivity (Wildman–Crippen MR) is 62.9 cm³/mol. The van der Waals surface area contributed by atoms with Crippen molar-refractivity contribution in [3.05, 3.63) is 24.0 Å². The van der Waals surface area contributed by atoms with Gasteiger partial charge in [0, 0.05) is 13.2 Å². The summed E-state index contributed by atoms with van der Waals surface area (Å²) in [5.74, 6) is 0. The van der Waals surface area contributed by atoms with Crippen molar-refractivity contribution in [1.82, 2.24) is 4.98 Å². The fourth-order valence-electron chi connectivity index (χ4n) is 1.30. The van der Waals surface area contributed by atoms with Gasteiger partial charge >= 0.3 is 0 Å². The van der Waals surface area contributed by atoms with Gasteiger partial charge in [0.2, 0.25) is 0 Å². The van der Waals surface area contributed by atoms with Gasteiger partial charge < -0.3 is 10.4 Å². The van der Waals surface area contributed by atoms with Gasteiger partial charge in [-0.1, -0.05) is 13.8 Å². The van der Waals surface area contributed by atoms with E-state index in [4.69, 9.17) is 10.4 Å². The standard InChI is InChI=1S/C12H17N3O/c1-12(2,5-6-16)9-15-11-4-3-10(7-13)14-8-11/h3-4,8,15-16H,5-6,9H2,1-2H3. The van der Waals surface area contributed by atoms with E-state index in [0.29, 0.717) is 5.69 Å². The number of aliphatic hydroxyl groups is 1. The molecule has 0 fully saturated rings. The molecule has 0 atom stereocenters. The molecule has 0 aliphatic carbocycles. The van der Waals surface area contributed by atoms with Gasteiger partial charge in [-0.05, 0) is 24.0 Å². The Kier molecular flexibility index (Phi) is 4.27. The summed E-state index contributed by atoms with van der Waals surface area (Å²) in [6.45, 7) is 5.14. The molecule has 86 valence electrons.